The first-order chi connectivity index (χ1) is 11.0. The van der Waals surface area contributed by atoms with Crippen molar-refractivity contribution in [2.75, 3.05) is 19.0 Å². The molecule has 2 rings (SSSR count). The van der Waals surface area contributed by atoms with Gasteiger partial charge >= 0.3 is 0 Å². The van der Waals surface area contributed by atoms with Crippen LogP contribution >= 0.6 is 11.3 Å². The number of amides is 1. The smallest absolute Gasteiger partial charge is 0.266 e. The van der Waals surface area contributed by atoms with E-state index in [1.807, 2.05) is 6.92 Å². The highest BCUT2D eigenvalue weighted by atomic mass is 32.1. The Hall–Kier alpha value is -2.41. The number of carbonyl (C=O) groups is 1. The highest BCUT2D eigenvalue weighted by Gasteiger charge is 2.10. The van der Waals surface area contributed by atoms with Gasteiger partial charge in [-0.15, -0.1) is 0 Å². The number of rotatable bonds is 5. The van der Waals surface area contributed by atoms with E-state index >= 15 is 0 Å². The number of aromatic nitrogens is 1. The van der Waals surface area contributed by atoms with Crippen LogP contribution in [-0.4, -0.2) is 24.1 Å². The number of hydrogen-bond donors (Lipinski definition) is 1. The first-order valence-corrected chi connectivity index (χ1v) is 8.05. The van der Waals surface area contributed by atoms with Crippen LogP contribution in [0.2, 0.25) is 0 Å². The minimum Gasteiger partial charge on any atom is -0.494 e. The minimum absolute atomic E-state index is 0.266. The van der Waals surface area contributed by atoms with Gasteiger partial charge in [-0.05, 0) is 30.7 Å². The van der Waals surface area contributed by atoms with Gasteiger partial charge in [0.15, 0.2) is 4.80 Å². The molecule has 0 saturated heterocycles. The van der Waals surface area contributed by atoms with Crippen LogP contribution in [0.4, 0.5) is 5.69 Å². The molecule has 2 aromatic rings. The number of ether oxygens (including phenoxy) is 1. The molecule has 0 unspecified atom stereocenters. The molecule has 7 heteroatoms. The molecule has 0 bridgehead atoms. The SMILES string of the molecule is CCCOc1ccc(NC(=O)c2cc(=O)n(C)c(=NC)s2)cc1. The molecule has 0 saturated carbocycles. The van der Waals surface area contributed by atoms with E-state index in [-0.39, 0.29) is 11.5 Å². The van der Waals surface area contributed by atoms with Crippen molar-refractivity contribution in [3.63, 3.8) is 0 Å². The predicted octanol–water partition coefficient (Wildman–Crippen LogP) is 2.02. The Morgan fingerprint density at radius 2 is 2.04 bits per heavy atom. The minimum atomic E-state index is -0.333. The molecule has 0 atom stereocenters. The highest BCUT2D eigenvalue weighted by molar-refractivity contribution is 7.11. The van der Waals surface area contributed by atoms with Crippen LogP contribution in [0.15, 0.2) is 40.1 Å². The maximum atomic E-state index is 12.3. The van der Waals surface area contributed by atoms with E-state index in [0.29, 0.717) is 22.0 Å². The fraction of sp³-hybridized carbons (Fsp3) is 0.312. The van der Waals surface area contributed by atoms with Crippen molar-refractivity contribution in [2.45, 2.75) is 13.3 Å². The summed E-state index contributed by atoms with van der Waals surface area (Å²) in [5.41, 5.74) is 0.375. The quantitative estimate of drug-likeness (QED) is 0.910. The van der Waals surface area contributed by atoms with Gasteiger partial charge in [0.2, 0.25) is 0 Å². The van der Waals surface area contributed by atoms with E-state index in [4.69, 9.17) is 4.74 Å². The van der Waals surface area contributed by atoms with Crippen molar-refractivity contribution in [1.29, 1.82) is 0 Å². The normalized spacial score (nSPS) is 11.3. The zero-order valence-corrected chi connectivity index (χ0v) is 14.1. The van der Waals surface area contributed by atoms with Gasteiger partial charge in [-0.3, -0.25) is 19.1 Å². The highest BCUT2D eigenvalue weighted by Crippen LogP contribution is 2.16. The summed E-state index contributed by atoms with van der Waals surface area (Å²) in [7, 11) is 3.21. The van der Waals surface area contributed by atoms with Crippen molar-refractivity contribution >= 4 is 22.9 Å². The Morgan fingerprint density at radius 3 is 2.65 bits per heavy atom. The second kappa shape index (κ2) is 7.73. The Labute approximate surface area is 138 Å². The zero-order chi connectivity index (χ0) is 16.8. The van der Waals surface area contributed by atoms with Crippen LogP contribution in [0, 0.1) is 0 Å². The second-order valence-electron chi connectivity index (χ2n) is 4.84. The van der Waals surface area contributed by atoms with Crippen molar-refractivity contribution in [3.05, 3.63) is 50.4 Å². The number of hydrogen-bond acceptors (Lipinski definition) is 5. The van der Waals surface area contributed by atoms with E-state index in [2.05, 4.69) is 10.3 Å². The lowest BCUT2D eigenvalue weighted by molar-refractivity contribution is 0.103. The lowest BCUT2D eigenvalue weighted by atomic mass is 10.3. The molecule has 0 spiro atoms. The third-order valence-electron chi connectivity index (χ3n) is 3.07. The van der Waals surface area contributed by atoms with Gasteiger partial charge in [0.05, 0.1) is 6.61 Å². The molecule has 122 valence electrons. The van der Waals surface area contributed by atoms with Gasteiger partial charge in [-0.25, -0.2) is 0 Å². The maximum absolute atomic E-state index is 12.3. The summed E-state index contributed by atoms with van der Waals surface area (Å²) in [6.07, 6.45) is 0.938. The molecule has 1 N–H and O–H groups in total. The molecule has 0 aliphatic carbocycles. The van der Waals surface area contributed by atoms with Crippen molar-refractivity contribution in [2.24, 2.45) is 12.0 Å². The van der Waals surface area contributed by atoms with E-state index in [9.17, 15) is 9.59 Å². The number of nitrogens with zero attached hydrogens (tertiary/aromatic N) is 2. The Kier molecular flexibility index (Phi) is 5.70. The first kappa shape index (κ1) is 17.0. The second-order valence-corrected chi connectivity index (χ2v) is 5.85. The molecule has 1 aromatic heterocycles. The Bertz CT molecular complexity index is 807. The topological polar surface area (TPSA) is 72.7 Å². The van der Waals surface area contributed by atoms with Crippen LogP contribution in [0.25, 0.3) is 0 Å². The van der Waals surface area contributed by atoms with Crippen LogP contribution in [0.3, 0.4) is 0 Å². The summed E-state index contributed by atoms with van der Waals surface area (Å²) in [6.45, 7) is 2.70. The monoisotopic (exact) mass is 333 g/mol. The summed E-state index contributed by atoms with van der Waals surface area (Å²) < 4.78 is 6.90. The van der Waals surface area contributed by atoms with E-state index < -0.39 is 0 Å². The molecule has 23 heavy (non-hydrogen) atoms. The fourth-order valence-corrected chi connectivity index (χ4v) is 2.67. The lowest BCUT2D eigenvalue weighted by Gasteiger charge is -2.08. The summed E-state index contributed by atoms with van der Waals surface area (Å²) >= 11 is 1.16. The molecule has 1 amide bonds. The van der Waals surface area contributed by atoms with Gasteiger partial charge in [0.1, 0.15) is 10.6 Å². The number of benzene rings is 1. The maximum Gasteiger partial charge on any atom is 0.266 e. The summed E-state index contributed by atoms with van der Waals surface area (Å²) in [4.78, 5) is 28.9. The Balaban J connectivity index is 2.16. The van der Waals surface area contributed by atoms with Crippen LogP contribution in [0.1, 0.15) is 23.0 Å². The first-order valence-electron chi connectivity index (χ1n) is 7.23. The van der Waals surface area contributed by atoms with Gasteiger partial charge in [-0.2, -0.15) is 0 Å². The van der Waals surface area contributed by atoms with Crippen LogP contribution in [-0.2, 0) is 7.05 Å². The fourth-order valence-electron chi connectivity index (χ4n) is 1.85. The molecular formula is C16H19N3O3S. The molecule has 0 radical (unpaired) electrons. The van der Waals surface area contributed by atoms with Crippen LogP contribution in [0.5, 0.6) is 5.75 Å². The van der Waals surface area contributed by atoms with Crippen molar-refractivity contribution in [3.8, 4) is 5.75 Å². The molecule has 1 aromatic carbocycles. The van der Waals surface area contributed by atoms with Crippen LogP contribution < -0.4 is 20.4 Å². The van der Waals surface area contributed by atoms with Gasteiger partial charge < -0.3 is 10.1 Å². The van der Waals surface area contributed by atoms with Gasteiger partial charge in [0, 0.05) is 25.8 Å². The predicted molar refractivity (Wildman–Crippen MR) is 91.2 cm³/mol. The average molecular weight is 333 g/mol. The van der Waals surface area contributed by atoms with Crippen molar-refractivity contribution in [1.82, 2.24) is 4.57 Å². The largest absolute Gasteiger partial charge is 0.494 e. The van der Waals surface area contributed by atoms with Gasteiger partial charge in [-0.1, -0.05) is 18.3 Å². The summed E-state index contributed by atoms with van der Waals surface area (Å²) in [6, 6.07) is 8.43. The number of nitrogens with one attached hydrogen (secondary N) is 1. The third-order valence-corrected chi connectivity index (χ3v) is 4.24. The molecule has 0 aliphatic heterocycles. The third kappa shape index (κ3) is 4.29. The number of anilines is 1. The van der Waals surface area contributed by atoms with Gasteiger partial charge in [0.25, 0.3) is 11.5 Å². The Morgan fingerprint density at radius 1 is 1.35 bits per heavy atom. The molecular weight excluding hydrogens is 314 g/mol. The zero-order valence-electron chi connectivity index (χ0n) is 13.3. The standard InChI is InChI=1S/C16H19N3O3S/c1-4-9-22-12-7-5-11(6-8-12)18-15(21)13-10-14(20)19(3)16(17-2)23-13/h5-8,10H,4,9H2,1-3H3,(H,18,21). The molecule has 0 aliphatic rings. The summed E-state index contributed by atoms with van der Waals surface area (Å²) in [5, 5.41) is 2.77. The lowest BCUT2D eigenvalue weighted by Crippen LogP contribution is -2.30. The molecule has 6 nitrogen and oxygen atoms in total. The van der Waals surface area contributed by atoms with Crippen molar-refractivity contribution < 1.29 is 9.53 Å². The number of carbonyl (C=O) groups excluding carboxylic acids is 1. The summed E-state index contributed by atoms with van der Waals surface area (Å²) in [5.74, 6) is 0.424. The van der Waals surface area contributed by atoms with E-state index in [1.54, 1.807) is 38.4 Å². The van der Waals surface area contributed by atoms with E-state index in [0.717, 1.165) is 23.5 Å². The van der Waals surface area contributed by atoms with E-state index in [1.165, 1.54) is 10.6 Å². The molecule has 1 heterocycles. The average Bonchev–Trinajstić information content (AvgIpc) is 2.56. The molecule has 0 fully saturated rings.